The maximum atomic E-state index is 13.7. The van der Waals surface area contributed by atoms with E-state index >= 15 is 0 Å². The Morgan fingerprint density at radius 2 is 1.76 bits per heavy atom. The molecule has 2 aliphatic rings. The normalized spacial score (nSPS) is 19.5. The van der Waals surface area contributed by atoms with Gasteiger partial charge in [-0.05, 0) is 62.1 Å². The highest BCUT2D eigenvalue weighted by molar-refractivity contribution is 6.35. The van der Waals surface area contributed by atoms with E-state index in [2.05, 4.69) is 9.97 Å². The first-order chi connectivity index (χ1) is 16.0. The number of carbonyl (C=O) groups is 1. The highest BCUT2D eigenvalue weighted by Crippen LogP contribution is 2.45. The number of carbonyl (C=O) groups excluding carboxylic acids is 1. The van der Waals surface area contributed by atoms with Crippen molar-refractivity contribution in [1.29, 1.82) is 0 Å². The lowest BCUT2D eigenvalue weighted by Crippen LogP contribution is -2.49. The molecule has 2 aromatic heterocycles. The highest BCUT2D eigenvalue weighted by atomic mass is 35.5. The van der Waals surface area contributed by atoms with Gasteiger partial charge in [0.15, 0.2) is 0 Å². The summed E-state index contributed by atoms with van der Waals surface area (Å²) in [4.78, 5) is 24.5. The van der Waals surface area contributed by atoms with Crippen LogP contribution in [0.3, 0.4) is 0 Å². The summed E-state index contributed by atoms with van der Waals surface area (Å²) in [6, 6.07) is 11.2. The number of hydrogen-bond acceptors (Lipinski definition) is 4. The summed E-state index contributed by atoms with van der Waals surface area (Å²) >= 11 is 12.6. The Hall–Kier alpha value is -2.96. The van der Waals surface area contributed by atoms with Crippen molar-refractivity contribution in [3.8, 4) is 11.3 Å². The Bertz CT molecular complexity index is 1400. The van der Waals surface area contributed by atoms with Crippen LogP contribution in [0.1, 0.15) is 46.9 Å². The number of halogens is 2. The quantitative estimate of drug-likeness (QED) is 0.375. The van der Waals surface area contributed by atoms with Crippen LogP contribution in [0.2, 0.25) is 10.0 Å². The van der Waals surface area contributed by atoms with E-state index in [0.717, 1.165) is 53.7 Å². The van der Waals surface area contributed by atoms with E-state index in [1.807, 2.05) is 47.0 Å². The van der Waals surface area contributed by atoms with Gasteiger partial charge in [-0.25, -0.2) is 0 Å². The largest absolute Gasteiger partial charge is 0.327 e. The molecule has 2 aromatic carbocycles. The van der Waals surface area contributed by atoms with Crippen molar-refractivity contribution in [3.63, 3.8) is 0 Å². The van der Waals surface area contributed by atoms with Crippen LogP contribution in [-0.4, -0.2) is 36.6 Å². The highest BCUT2D eigenvalue weighted by Gasteiger charge is 2.43. The van der Waals surface area contributed by atoms with Gasteiger partial charge in [0, 0.05) is 52.2 Å². The molecule has 0 radical (unpaired) electrons. The summed E-state index contributed by atoms with van der Waals surface area (Å²) in [5.41, 5.74) is 6.30. The minimum Gasteiger partial charge on any atom is -0.327 e. The molecule has 4 aromatic rings. The molecular formula is C25H21Cl2N5O. The van der Waals surface area contributed by atoms with Crippen molar-refractivity contribution in [2.24, 2.45) is 7.05 Å². The number of benzene rings is 2. The number of rotatable bonds is 2. The minimum absolute atomic E-state index is 0.0286. The van der Waals surface area contributed by atoms with Gasteiger partial charge in [-0.2, -0.15) is 5.10 Å². The number of amides is 1. The fourth-order valence-electron chi connectivity index (χ4n) is 5.45. The predicted molar refractivity (Wildman–Crippen MR) is 128 cm³/mol. The van der Waals surface area contributed by atoms with E-state index in [4.69, 9.17) is 28.3 Å². The van der Waals surface area contributed by atoms with E-state index in [-0.39, 0.29) is 18.0 Å². The lowest BCUT2D eigenvalue weighted by atomic mass is 9.81. The first-order valence-corrected chi connectivity index (χ1v) is 11.8. The lowest BCUT2D eigenvalue weighted by molar-refractivity contribution is 0.0392. The van der Waals surface area contributed by atoms with Crippen LogP contribution in [0.25, 0.3) is 22.3 Å². The number of nitrogens with zero attached hydrogens (tertiary/aromatic N) is 5. The molecule has 4 heterocycles. The molecule has 0 saturated carbocycles. The average molecular weight is 478 g/mol. The molecule has 166 valence electrons. The van der Waals surface area contributed by atoms with Crippen LogP contribution in [-0.2, 0) is 13.5 Å². The third-order valence-corrected chi connectivity index (χ3v) is 7.20. The number of aryl methyl sites for hydroxylation is 1. The molecule has 8 heteroatoms. The van der Waals surface area contributed by atoms with Crippen LogP contribution in [0.15, 0.2) is 48.8 Å². The number of hydrogen-bond donors (Lipinski definition) is 0. The molecule has 6 nitrogen and oxygen atoms in total. The molecule has 33 heavy (non-hydrogen) atoms. The van der Waals surface area contributed by atoms with E-state index < -0.39 is 0 Å². The molecule has 1 amide bonds. The van der Waals surface area contributed by atoms with Crippen LogP contribution in [0, 0.1) is 0 Å². The van der Waals surface area contributed by atoms with Crippen LogP contribution in [0.5, 0.6) is 0 Å². The molecule has 1 saturated heterocycles. The number of fused-ring (bicyclic) bond motifs is 5. The maximum Gasteiger partial charge on any atom is 0.254 e. The second-order valence-electron chi connectivity index (χ2n) is 8.77. The Morgan fingerprint density at radius 1 is 1.00 bits per heavy atom. The van der Waals surface area contributed by atoms with Crippen LogP contribution in [0.4, 0.5) is 0 Å². The van der Waals surface area contributed by atoms with Gasteiger partial charge in [0.1, 0.15) is 0 Å². The van der Waals surface area contributed by atoms with Gasteiger partial charge in [-0.3, -0.25) is 19.4 Å². The fraction of sp³-hybridized carbons (Fsp3) is 0.280. The lowest BCUT2D eigenvalue weighted by Gasteiger charge is -2.45. The Morgan fingerprint density at radius 3 is 2.55 bits per heavy atom. The average Bonchev–Trinajstić information content (AvgIpc) is 3.13. The summed E-state index contributed by atoms with van der Waals surface area (Å²) in [5, 5.41) is 6.09. The van der Waals surface area contributed by atoms with Crippen molar-refractivity contribution >= 4 is 40.1 Å². The first kappa shape index (κ1) is 20.6. The molecule has 0 spiro atoms. The number of aromatic nitrogens is 4. The second-order valence-corrected chi connectivity index (χ2v) is 9.64. The SMILES string of the molecule is Cn1nc2c(c1-c1cc(Cl)cc(Cl)c1)C[C@@H]1CCC[C@H]2N1C(=O)c1ccc2nccnc2c1. The monoisotopic (exact) mass is 477 g/mol. The van der Waals surface area contributed by atoms with Crippen LogP contribution < -0.4 is 0 Å². The van der Waals surface area contributed by atoms with E-state index in [1.54, 1.807) is 18.5 Å². The molecule has 6 rings (SSSR count). The Labute approximate surface area is 201 Å². The summed E-state index contributed by atoms with van der Waals surface area (Å²) in [6.45, 7) is 0. The zero-order valence-corrected chi connectivity index (χ0v) is 19.5. The molecule has 2 aliphatic heterocycles. The van der Waals surface area contributed by atoms with Gasteiger partial charge in [0.05, 0.1) is 28.5 Å². The summed E-state index contributed by atoms with van der Waals surface area (Å²) in [6.07, 6.45) is 7.02. The zero-order valence-electron chi connectivity index (χ0n) is 18.0. The van der Waals surface area contributed by atoms with Crippen molar-refractivity contribution in [1.82, 2.24) is 24.6 Å². The van der Waals surface area contributed by atoms with Crippen molar-refractivity contribution in [3.05, 3.63) is 75.7 Å². The topological polar surface area (TPSA) is 63.9 Å². The molecular weight excluding hydrogens is 457 g/mol. The van der Waals surface area contributed by atoms with E-state index in [1.165, 1.54) is 5.56 Å². The Balaban J connectivity index is 1.42. The first-order valence-electron chi connectivity index (χ1n) is 11.1. The third-order valence-electron chi connectivity index (χ3n) is 6.76. The van der Waals surface area contributed by atoms with Gasteiger partial charge in [-0.1, -0.05) is 23.2 Å². The summed E-state index contributed by atoms with van der Waals surface area (Å²) in [7, 11) is 1.95. The smallest absolute Gasteiger partial charge is 0.254 e. The van der Waals surface area contributed by atoms with E-state index in [9.17, 15) is 4.79 Å². The second kappa shape index (κ2) is 7.82. The van der Waals surface area contributed by atoms with E-state index in [0.29, 0.717) is 15.6 Å². The van der Waals surface area contributed by atoms with Gasteiger partial charge in [-0.15, -0.1) is 0 Å². The van der Waals surface area contributed by atoms with Crippen molar-refractivity contribution in [2.75, 3.05) is 0 Å². The van der Waals surface area contributed by atoms with Gasteiger partial charge >= 0.3 is 0 Å². The zero-order chi connectivity index (χ0) is 22.7. The third kappa shape index (κ3) is 3.40. The minimum atomic E-state index is -0.0489. The predicted octanol–water partition coefficient (Wildman–Crippen LogP) is 5.63. The molecule has 0 unspecified atom stereocenters. The molecule has 2 atom stereocenters. The van der Waals surface area contributed by atoms with Gasteiger partial charge in [0.25, 0.3) is 5.91 Å². The van der Waals surface area contributed by atoms with Gasteiger partial charge in [0.2, 0.25) is 0 Å². The molecule has 0 aliphatic carbocycles. The summed E-state index contributed by atoms with van der Waals surface area (Å²) in [5.74, 6) is 0.0286. The fourth-order valence-corrected chi connectivity index (χ4v) is 5.97. The van der Waals surface area contributed by atoms with Crippen molar-refractivity contribution < 1.29 is 4.79 Å². The molecule has 0 N–H and O–H groups in total. The maximum absolute atomic E-state index is 13.7. The number of piperidine rings is 1. The Kier molecular flexibility index (Phi) is 4.89. The summed E-state index contributed by atoms with van der Waals surface area (Å²) < 4.78 is 1.90. The molecule has 1 fully saturated rings. The van der Waals surface area contributed by atoms with Crippen LogP contribution >= 0.6 is 23.2 Å². The van der Waals surface area contributed by atoms with Gasteiger partial charge < -0.3 is 4.90 Å². The van der Waals surface area contributed by atoms with Crippen molar-refractivity contribution in [2.45, 2.75) is 37.8 Å². The standard InChI is InChI=1S/C25H21Cl2N5O/c1-31-24(15-9-16(26)12-17(27)10-15)19-13-18-3-2-4-22(23(19)30-31)32(18)25(33)14-5-6-20-21(11-14)29-8-7-28-20/h5-12,18,22H,2-4,13H2,1H3/t18-,22+/m0/s1. The molecule has 2 bridgehead atoms.